The van der Waals surface area contributed by atoms with Gasteiger partial charge in [-0.1, -0.05) is 42.5 Å². The summed E-state index contributed by atoms with van der Waals surface area (Å²) in [6.07, 6.45) is -5.74. The minimum absolute atomic E-state index is 0.00588. The Morgan fingerprint density at radius 2 is 1.78 bits per heavy atom. The minimum atomic E-state index is -3.09. The van der Waals surface area contributed by atoms with Gasteiger partial charge in [-0.05, 0) is 30.3 Å². The van der Waals surface area contributed by atoms with Gasteiger partial charge in [-0.25, -0.2) is 13.2 Å². The first kappa shape index (κ1) is 19.4. The van der Waals surface area contributed by atoms with Crippen LogP contribution in [0.4, 0.5) is 13.2 Å². The lowest BCUT2D eigenvalue weighted by Gasteiger charge is -2.18. The molecule has 4 nitrogen and oxygen atoms in total. The molecular weight excluding hydrogens is 357 g/mol. The number of carbonyl (C=O) groups is 1. The average Bonchev–Trinajstić information content (AvgIpc) is 3.03. The average molecular weight is 378 g/mol. The maximum atomic E-state index is 13.1. The van der Waals surface area contributed by atoms with Gasteiger partial charge in [0.05, 0.1) is 18.1 Å². The van der Waals surface area contributed by atoms with E-state index in [1.807, 2.05) is 30.3 Å². The number of hydrogen-bond acceptors (Lipinski definition) is 4. The van der Waals surface area contributed by atoms with Gasteiger partial charge in [-0.3, -0.25) is 10.1 Å². The summed E-state index contributed by atoms with van der Waals surface area (Å²) < 4.78 is 42.8. The van der Waals surface area contributed by atoms with E-state index in [-0.39, 0.29) is 17.7 Å². The molecule has 1 aliphatic heterocycles. The Morgan fingerprint density at radius 3 is 2.44 bits per heavy atom. The van der Waals surface area contributed by atoms with E-state index >= 15 is 0 Å². The normalized spacial score (nSPS) is 23.6. The summed E-state index contributed by atoms with van der Waals surface area (Å²) in [5.41, 5.74) is 1.55. The van der Waals surface area contributed by atoms with Crippen LogP contribution in [0.1, 0.15) is 23.1 Å². The van der Waals surface area contributed by atoms with Crippen molar-refractivity contribution in [2.24, 2.45) is 0 Å². The number of hydrogen-bond donors (Lipinski definition) is 2. The molecule has 2 aromatic carbocycles. The Morgan fingerprint density at radius 1 is 1.07 bits per heavy atom. The number of halogens is 3. The molecule has 1 aliphatic rings. The van der Waals surface area contributed by atoms with Gasteiger partial charge in [-0.15, -0.1) is 0 Å². The molecule has 7 heteroatoms. The molecule has 0 aliphatic carbocycles. The number of Topliss-reactive ketones (excluding diaryl/α,β-unsaturated/α-hetero) is 1. The first-order valence-corrected chi connectivity index (χ1v) is 8.68. The molecule has 0 amide bonds. The van der Waals surface area contributed by atoms with E-state index in [0.29, 0.717) is 5.56 Å². The zero-order valence-electron chi connectivity index (χ0n) is 14.7. The third-order valence-electron chi connectivity index (χ3n) is 4.61. The van der Waals surface area contributed by atoms with Crippen molar-refractivity contribution in [2.45, 2.75) is 30.7 Å². The van der Waals surface area contributed by atoms with Crippen LogP contribution in [0.2, 0.25) is 0 Å². The highest BCUT2D eigenvalue weighted by molar-refractivity contribution is 5.94. The molecule has 1 saturated heterocycles. The molecule has 144 valence electrons. The van der Waals surface area contributed by atoms with Crippen molar-refractivity contribution < 1.29 is 22.7 Å². The Balaban J connectivity index is 1.80. The summed E-state index contributed by atoms with van der Waals surface area (Å²) in [4.78, 5) is 13.0. The lowest BCUT2D eigenvalue weighted by Crippen LogP contribution is -2.39. The van der Waals surface area contributed by atoms with Crippen LogP contribution in [0, 0.1) is 0 Å². The van der Waals surface area contributed by atoms with Crippen molar-refractivity contribution in [3.8, 4) is 5.75 Å². The van der Waals surface area contributed by atoms with Crippen molar-refractivity contribution >= 4 is 5.78 Å². The van der Waals surface area contributed by atoms with E-state index in [9.17, 15) is 18.0 Å². The molecule has 0 bridgehead atoms. The summed E-state index contributed by atoms with van der Waals surface area (Å²) in [6, 6.07) is 15.5. The van der Waals surface area contributed by atoms with Crippen molar-refractivity contribution in [2.75, 3.05) is 13.7 Å². The van der Waals surface area contributed by atoms with Crippen LogP contribution < -0.4 is 15.4 Å². The number of nitrogens with one attached hydrogen (secondary N) is 2. The smallest absolute Gasteiger partial charge is 0.272 e. The Labute approximate surface area is 155 Å². The van der Waals surface area contributed by atoms with E-state index in [0.717, 1.165) is 5.56 Å². The molecule has 3 rings (SSSR count). The fraction of sp³-hybridized carbons (Fsp3) is 0.350. The molecule has 1 heterocycles. The number of ether oxygens (including phenoxy) is 1. The fourth-order valence-electron chi connectivity index (χ4n) is 3.26. The molecule has 2 aromatic rings. The van der Waals surface area contributed by atoms with Gasteiger partial charge in [0.15, 0.2) is 12.0 Å². The summed E-state index contributed by atoms with van der Waals surface area (Å²) in [7, 11) is 1.75. The third-order valence-corrected chi connectivity index (χ3v) is 4.61. The monoisotopic (exact) mass is 378 g/mol. The molecule has 0 spiro atoms. The van der Waals surface area contributed by atoms with Gasteiger partial charge in [0, 0.05) is 0 Å². The van der Waals surface area contributed by atoms with E-state index in [4.69, 9.17) is 4.74 Å². The summed E-state index contributed by atoms with van der Waals surface area (Å²) in [6.45, 7) is -0.736. The van der Waals surface area contributed by atoms with Crippen molar-refractivity contribution in [3.05, 3.63) is 65.7 Å². The number of benzene rings is 2. The Hall–Kier alpha value is -2.38. The SMILES string of the molecule is CNC1NC(c2ccccc2)C(=O)C1c1cccc(OCC(F)C(F)F)c1. The molecule has 27 heavy (non-hydrogen) atoms. The number of rotatable bonds is 7. The lowest BCUT2D eigenvalue weighted by atomic mass is 9.91. The Kier molecular flexibility index (Phi) is 6.13. The van der Waals surface area contributed by atoms with Crippen LogP contribution in [0.3, 0.4) is 0 Å². The maximum absolute atomic E-state index is 13.1. The number of likely N-dealkylation sites (N-methyl/N-ethyl adjacent to an activating group) is 1. The fourth-order valence-corrected chi connectivity index (χ4v) is 3.26. The van der Waals surface area contributed by atoms with Crippen molar-refractivity contribution in [3.63, 3.8) is 0 Å². The van der Waals surface area contributed by atoms with E-state index in [2.05, 4.69) is 10.6 Å². The van der Waals surface area contributed by atoms with Gasteiger partial charge in [-0.2, -0.15) is 0 Å². The minimum Gasteiger partial charge on any atom is -0.490 e. The molecule has 0 saturated carbocycles. The lowest BCUT2D eigenvalue weighted by molar-refractivity contribution is -0.120. The zero-order chi connectivity index (χ0) is 19.4. The zero-order valence-corrected chi connectivity index (χ0v) is 14.7. The molecule has 4 atom stereocenters. The quantitative estimate of drug-likeness (QED) is 0.777. The third kappa shape index (κ3) is 4.31. The first-order valence-electron chi connectivity index (χ1n) is 8.68. The predicted molar refractivity (Wildman–Crippen MR) is 95.8 cm³/mol. The summed E-state index contributed by atoms with van der Waals surface area (Å²) >= 11 is 0. The number of carbonyl (C=O) groups excluding carboxylic acids is 1. The molecule has 0 radical (unpaired) electrons. The Bertz CT molecular complexity index is 773. The number of alkyl halides is 3. The van der Waals surface area contributed by atoms with Crippen LogP contribution in [0.25, 0.3) is 0 Å². The standard InChI is InChI=1S/C20H21F3N2O2/c1-24-20-16(18(26)17(25-20)12-6-3-2-4-7-12)13-8-5-9-14(10-13)27-11-15(21)19(22)23/h2-10,15-17,19-20,24-25H,11H2,1H3. The van der Waals surface area contributed by atoms with Crippen LogP contribution in [-0.2, 0) is 4.79 Å². The number of ketones is 1. The first-order chi connectivity index (χ1) is 13.0. The second kappa shape index (κ2) is 8.54. The van der Waals surface area contributed by atoms with Crippen LogP contribution in [0.5, 0.6) is 5.75 Å². The summed E-state index contributed by atoms with van der Waals surface area (Å²) in [5.74, 6) is -0.240. The van der Waals surface area contributed by atoms with Crippen molar-refractivity contribution in [1.29, 1.82) is 0 Å². The van der Waals surface area contributed by atoms with E-state index < -0.39 is 31.2 Å². The topological polar surface area (TPSA) is 50.4 Å². The highest BCUT2D eigenvalue weighted by Crippen LogP contribution is 2.35. The van der Waals surface area contributed by atoms with Crippen LogP contribution in [-0.4, -0.2) is 38.2 Å². The van der Waals surface area contributed by atoms with Crippen molar-refractivity contribution in [1.82, 2.24) is 10.6 Å². The van der Waals surface area contributed by atoms with Gasteiger partial charge in [0.25, 0.3) is 6.43 Å². The molecule has 2 N–H and O–H groups in total. The molecule has 4 unspecified atom stereocenters. The highest BCUT2D eigenvalue weighted by atomic mass is 19.3. The van der Waals surface area contributed by atoms with Gasteiger partial charge >= 0.3 is 0 Å². The van der Waals surface area contributed by atoms with Gasteiger partial charge in [0.2, 0.25) is 0 Å². The molecule has 1 fully saturated rings. The van der Waals surface area contributed by atoms with Crippen LogP contribution >= 0.6 is 0 Å². The second-order valence-corrected chi connectivity index (χ2v) is 6.39. The predicted octanol–water partition coefficient (Wildman–Crippen LogP) is 3.21. The highest BCUT2D eigenvalue weighted by Gasteiger charge is 2.42. The van der Waals surface area contributed by atoms with E-state index in [1.54, 1.807) is 31.3 Å². The summed E-state index contributed by atoms with van der Waals surface area (Å²) in [5, 5.41) is 6.37. The van der Waals surface area contributed by atoms with Gasteiger partial charge in [0.1, 0.15) is 12.4 Å². The molecular formula is C20H21F3N2O2. The maximum Gasteiger partial charge on any atom is 0.272 e. The van der Waals surface area contributed by atoms with Gasteiger partial charge < -0.3 is 10.1 Å². The van der Waals surface area contributed by atoms with Crippen LogP contribution in [0.15, 0.2) is 54.6 Å². The molecule has 0 aromatic heterocycles. The second-order valence-electron chi connectivity index (χ2n) is 6.39. The van der Waals surface area contributed by atoms with E-state index in [1.165, 1.54) is 0 Å². The largest absolute Gasteiger partial charge is 0.490 e.